The van der Waals surface area contributed by atoms with Crippen LogP contribution in [0.15, 0.2) is 60.8 Å². The van der Waals surface area contributed by atoms with Crippen LogP contribution in [-0.4, -0.2) is 28.7 Å². The number of rotatable bonds is 4. The van der Waals surface area contributed by atoms with Gasteiger partial charge in [0.15, 0.2) is 0 Å². The Hall–Kier alpha value is -3.54. The molecule has 2 heterocycles. The highest BCUT2D eigenvalue weighted by Gasteiger charge is 2.34. The third-order valence-electron chi connectivity index (χ3n) is 4.81. The van der Waals surface area contributed by atoms with Gasteiger partial charge in [-0.2, -0.15) is 0 Å². The zero-order valence-electron chi connectivity index (χ0n) is 14.7. The topological polar surface area (TPSA) is 80.6 Å². The quantitative estimate of drug-likeness (QED) is 0.742. The first-order valence-electron chi connectivity index (χ1n) is 8.56. The second kappa shape index (κ2) is 6.64. The zero-order chi connectivity index (χ0) is 19.0. The summed E-state index contributed by atoms with van der Waals surface area (Å²) in [6.45, 7) is 0. The summed E-state index contributed by atoms with van der Waals surface area (Å²) < 4.78 is 7.05. The van der Waals surface area contributed by atoms with E-state index in [0.717, 1.165) is 16.9 Å². The van der Waals surface area contributed by atoms with Gasteiger partial charge in [-0.15, -0.1) is 0 Å². The first-order chi connectivity index (χ1) is 13.1. The average molecular weight is 362 g/mol. The second-order valence-electron chi connectivity index (χ2n) is 6.39. The summed E-state index contributed by atoms with van der Waals surface area (Å²) in [4.78, 5) is 24.1. The van der Waals surface area contributed by atoms with E-state index in [0.29, 0.717) is 11.4 Å². The van der Waals surface area contributed by atoms with Gasteiger partial charge in [0, 0.05) is 24.2 Å². The number of fused-ring (bicyclic) bond motifs is 1. The van der Waals surface area contributed by atoms with Crippen molar-refractivity contribution in [1.82, 2.24) is 4.57 Å². The molecule has 1 aliphatic rings. The Balaban J connectivity index is 1.94. The molecule has 1 aromatic heterocycles. The number of aromatic carboxylic acids is 1. The molecule has 1 amide bonds. The SMILES string of the molecule is COc1ccc(-n2cc(C(=O)O)c3c2C(c2ccccc2)CC(=O)N3)cc1. The van der Waals surface area contributed by atoms with Crippen LogP contribution in [-0.2, 0) is 4.79 Å². The van der Waals surface area contributed by atoms with Gasteiger partial charge in [-0.05, 0) is 29.8 Å². The van der Waals surface area contributed by atoms with Crippen molar-refractivity contribution in [3.05, 3.63) is 77.6 Å². The third kappa shape index (κ3) is 2.95. The summed E-state index contributed by atoms with van der Waals surface area (Å²) in [6.07, 6.45) is 1.83. The number of nitrogens with one attached hydrogen (secondary N) is 1. The summed E-state index contributed by atoms with van der Waals surface area (Å²) in [6, 6.07) is 17.0. The largest absolute Gasteiger partial charge is 0.497 e. The lowest BCUT2D eigenvalue weighted by Crippen LogP contribution is -2.25. The fourth-order valence-corrected chi connectivity index (χ4v) is 3.55. The fraction of sp³-hybridized carbons (Fsp3) is 0.143. The molecule has 3 aromatic rings. The summed E-state index contributed by atoms with van der Waals surface area (Å²) in [7, 11) is 1.59. The Kier molecular flexibility index (Phi) is 4.16. The second-order valence-corrected chi connectivity index (χ2v) is 6.39. The molecule has 2 aromatic carbocycles. The van der Waals surface area contributed by atoms with Crippen molar-refractivity contribution in [2.24, 2.45) is 0 Å². The van der Waals surface area contributed by atoms with Gasteiger partial charge >= 0.3 is 5.97 Å². The van der Waals surface area contributed by atoms with Gasteiger partial charge in [0.05, 0.1) is 18.5 Å². The van der Waals surface area contributed by atoms with E-state index in [9.17, 15) is 14.7 Å². The molecular weight excluding hydrogens is 344 g/mol. The number of carbonyl (C=O) groups excluding carboxylic acids is 1. The van der Waals surface area contributed by atoms with Crippen LogP contribution >= 0.6 is 0 Å². The van der Waals surface area contributed by atoms with E-state index in [1.807, 2.05) is 59.2 Å². The van der Waals surface area contributed by atoms with Crippen LogP contribution in [0.1, 0.15) is 34.0 Å². The Morgan fingerprint density at radius 2 is 1.85 bits per heavy atom. The lowest BCUT2D eigenvalue weighted by atomic mass is 9.88. The highest BCUT2D eigenvalue weighted by atomic mass is 16.5. The Labute approximate surface area is 156 Å². The molecule has 2 N–H and O–H groups in total. The molecule has 0 bridgehead atoms. The van der Waals surface area contributed by atoms with Gasteiger partial charge in [0.25, 0.3) is 0 Å². The van der Waals surface area contributed by atoms with E-state index >= 15 is 0 Å². The predicted octanol–water partition coefficient (Wildman–Crippen LogP) is 3.66. The molecule has 6 heteroatoms. The number of ether oxygens (including phenoxy) is 1. The highest BCUT2D eigenvalue weighted by Crippen LogP contribution is 2.41. The van der Waals surface area contributed by atoms with E-state index < -0.39 is 5.97 Å². The lowest BCUT2D eigenvalue weighted by molar-refractivity contribution is -0.116. The molecule has 0 radical (unpaired) electrons. The maximum Gasteiger partial charge on any atom is 0.339 e. The molecule has 1 unspecified atom stereocenters. The molecule has 27 heavy (non-hydrogen) atoms. The van der Waals surface area contributed by atoms with Gasteiger partial charge in [0.1, 0.15) is 11.3 Å². The average Bonchev–Trinajstić information content (AvgIpc) is 3.07. The van der Waals surface area contributed by atoms with Crippen LogP contribution in [0.4, 0.5) is 5.69 Å². The van der Waals surface area contributed by atoms with Gasteiger partial charge in [0.2, 0.25) is 5.91 Å². The van der Waals surface area contributed by atoms with Crippen LogP contribution in [0, 0.1) is 0 Å². The molecule has 6 nitrogen and oxygen atoms in total. The van der Waals surface area contributed by atoms with Gasteiger partial charge in [-0.25, -0.2) is 4.79 Å². The highest BCUT2D eigenvalue weighted by molar-refractivity contribution is 6.04. The summed E-state index contributed by atoms with van der Waals surface area (Å²) in [5.74, 6) is -0.782. The molecule has 1 atom stereocenters. The third-order valence-corrected chi connectivity index (χ3v) is 4.81. The van der Waals surface area contributed by atoms with Crippen molar-refractivity contribution in [3.63, 3.8) is 0 Å². The van der Waals surface area contributed by atoms with Crippen LogP contribution in [0.25, 0.3) is 5.69 Å². The van der Waals surface area contributed by atoms with Crippen molar-refractivity contribution < 1.29 is 19.4 Å². The normalized spacial score (nSPS) is 15.7. The molecular formula is C21H18N2O4. The van der Waals surface area contributed by atoms with E-state index in [1.165, 1.54) is 0 Å². The number of amides is 1. The van der Waals surface area contributed by atoms with Gasteiger partial charge < -0.3 is 19.7 Å². The van der Waals surface area contributed by atoms with E-state index in [-0.39, 0.29) is 23.8 Å². The number of carboxylic acid groups (broad SMARTS) is 1. The maximum atomic E-state index is 12.3. The minimum Gasteiger partial charge on any atom is -0.497 e. The lowest BCUT2D eigenvalue weighted by Gasteiger charge is -2.26. The van der Waals surface area contributed by atoms with Crippen molar-refractivity contribution in [2.45, 2.75) is 12.3 Å². The summed E-state index contributed by atoms with van der Waals surface area (Å²) in [5, 5.41) is 12.4. The molecule has 0 aliphatic carbocycles. The van der Waals surface area contributed by atoms with Crippen molar-refractivity contribution in [2.75, 3.05) is 12.4 Å². The van der Waals surface area contributed by atoms with Crippen LogP contribution in [0.3, 0.4) is 0 Å². The molecule has 0 saturated carbocycles. The summed E-state index contributed by atoms with van der Waals surface area (Å²) >= 11 is 0. The Bertz CT molecular complexity index is 1010. The number of hydrogen-bond acceptors (Lipinski definition) is 3. The maximum absolute atomic E-state index is 12.3. The number of benzene rings is 2. The minimum absolute atomic E-state index is 0.0785. The Morgan fingerprint density at radius 3 is 2.48 bits per heavy atom. The molecule has 0 saturated heterocycles. The number of methoxy groups -OCH3 is 1. The number of carbonyl (C=O) groups is 2. The van der Waals surface area contributed by atoms with E-state index in [2.05, 4.69) is 5.32 Å². The zero-order valence-corrected chi connectivity index (χ0v) is 14.7. The molecule has 0 spiro atoms. The number of nitrogens with zero attached hydrogens (tertiary/aromatic N) is 1. The molecule has 0 fully saturated rings. The fourth-order valence-electron chi connectivity index (χ4n) is 3.55. The van der Waals surface area contributed by atoms with Crippen LogP contribution in [0.2, 0.25) is 0 Å². The van der Waals surface area contributed by atoms with E-state index in [4.69, 9.17) is 4.74 Å². The monoisotopic (exact) mass is 362 g/mol. The predicted molar refractivity (Wildman–Crippen MR) is 101 cm³/mol. The molecule has 1 aliphatic heterocycles. The smallest absolute Gasteiger partial charge is 0.339 e. The standard InChI is InChI=1S/C21H18N2O4/c1-27-15-9-7-14(8-10-15)23-12-17(21(25)26)19-20(23)16(11-18(24)22-19)13-5-3-2-4-6-13/h2-10,12,16H,11H2,1H3,(H,22,24)(H,25,26). The number of hydrogen-bond donors (Lipinski definition) is 2. The van der Waals surface area contributed by atoms with Crippen molar-refractivity contribution >= 4 is 17.6 Å². The minimum atomic E-state index is -1.08. The van der Waals surface area contributed by atoms with Crippen LogP contribution < -0.4 is 10.1 Å². The van der Waals surface area contributed by atoms with Crippen LogP contribution in [0.5, 0.6) is 5.75 Å². The number of anilines is 1. The summed E-state index contributed by atoms with van der Waals surface area (Å²) in [5.41, 5.74) is 2.98. The molecule has 4 rings (SSSR count). The van der Waals surface area contributed by atoms with Crippen molar-refractivity contribution in [1.29, 1.82) is 0 Å². The van der Waals surface area contributed by atoms with E-state index in [1.54, 1.807) is 13.3 Å². The number of aromatic nitrogens is 1. The first kappa shape index (κ1) is 16.9. The number of carboxylic acids is 1. The first-order valence-corrected chi connectivity index (χ1v) is 8.56. The van der Waals surface area contributed by atoms with Gasteiger partial charge in [-0.3, -0.25) is 4.79 Å². The van der Waals surface area contributed by atoms with Crippen molar-refractivity contribution in [3.8, 4) is 11.4 Å². The Morgan fingerprint density at radius 1 is 1.15 bits per heavy atom. The van der Waals surface area contributed by atoms with Gasteiger partial charge in [-0.1, -0.05) is 30.3 Å². The molecule has 136 valence electrons.